The Morgan fingerprint density at radius 1 is 1.04 bits per heavy atom. The van der Waals surface area contributed by atoms with Crippen LogP contribution in [-0.2, 0) is 26.1 Å². The third-order valence-electron chi connectivity index (χ3n) is 5.22. The van der Waals surface area contributed by atoms with Gasteiger partial charge in [-0.2, -0.15) is 0 Å². The molecule has 0 fully saturated rings. The summed E-state index contributed by atoms with van der Waals surface area (Å²) in [5, 5.41) is 10.8. The van der Waals surface area contributed by atoms with Crippen LogP contribution in [0.3, 0.4) is 0 Å². The molecule has 2 N–H and O–H groups in total. The number of rotatable bonds is 9. The first-order valence-corrected chi connectivity index (χ1v) is 12.3. The van der Waals surface area contributed by atoms with Gasteiger partial charge in [0.2, 0.25) is 0 Å². The van der Waals surface area contributed by atoms with Gasteiger partial charge in [0, 0.05) is 0 Å². The second-order valence-electron chi connectivity index (χ2n) is 10.0. The highest BCUT2D eigenvalue weighted by Gasteiger charge is 2.29. The van der Waals surface area contributed by atoms with Crippen LogP contribution in [0.5, 0.6) is 5.75 Å². The zero-order valence-corrected chi connectivity index (χ0v) is 20.0. The van der Waals surface area contributed by atoms with E-state index in [4.69, 9.17) is 4.52 Å². The van der Waals surface area contributed by atoms with Crippen LogP contribution in [0.4, 0.5) is 0 Å². The van der Waals surface area contributed by atoms with E-state index in [1.807, 2.05) is 53.7 Å². The molecule has 1 aromatic carbocycles. The molecule has 0 saturated heterocycles. The van der Waals surface area contributed by atoms with Crippen molar-refractivity contribution in [2.24, 2.45) is 5.92 Å². The van der Waals surface area contributed by atoms with Gasteiger partial charge in [0.05, 0.1) is 12.8 Å². The third kappa shape index (κ3) is 7.54. The van der Waals surface area contributed by atoms with Crippen LogP contribution in [0.1, 0.15) is 97.8 Å². The van der Waals surface area contributed by atoms with Gasteiger partial charge in [0.1, 0.15) is 5.75 Å². The molecule has 0 aliphatic heterocycles. The van der Waals surface area contributed by atoms with Crippen LogP contribution >= 0.6 is 7.60 Å². The summed E-state index contributed by atoms with van der Waals surface area (Å²) >= 11 is 0. The lowest BCUT2D eigenvalue weighted by atomic mass is 9.78. The van der Waals surface area contributed by atoms with Gasteiger partial charge in [0.25, 0.3) is 0 Å². The molecule has 0 amide bonds. The van der Waals surface area contributed by atoms with E-state index in [9.17, 15) is 14.6 Å². The van der Waals surface area contributed by atoms with E-state index in [1.165, 1.54) is 0 Å². The Morgan fingerprint density at radius 3 is 1.93 bits per heavy atom. The van der Waals surface area contributed by atoms with E-state index in [2.05, 4.69) is 13.8 Å². The maximum absolute atomic E-state index is 12.8. The topological polar surface area (TPSA) is 66.8 Å². The number of hydrogen-bond donors (Lipinski definition) is 2. The number of unbranched alkanes of at least 4 members (excludes halogenated alkanes) is 1. The summed E-state index contributed by atoms with van der Waals surface area (Å²) in [5.41, 5.74) is 1.79. The van der Waals surface area contributed by atoms with E-state index in [0.29, 0.717) is 12.5 Å². The first-order valence-electron chi connectivity index (χ1n) is 10.5. The van der Waals surface area contributed by atoms with Crippen molar-refractivity contribution in [3.63, 3.8) is 0 Å². The van der Waals surface area contributed by atoms with Gasteiger partial charge in [-0.25, -0.2) is 0 Å². The van der Waals surface area contributed by atoms with E-state index >= 15 is 0 Å². The van der Waals surface area contributed by atoms with Crippen LogP contribution in [0, 0.1) is 5.92 Å². The number of benzene rings is 1. The summed E-state index contributed by atoms with van der Waals surface area (Å²) in [4.78, 5) is 10.5. The first kappa shape index (κ1) is 25.2. The lowest BCUT2D eigenvalue weighted by molar-refractivity contribution is 0.203. The highest BCUT2D eigenvalue weighted by atomic mass is 31.2. The molecule has 0 spiro atoms. The molecular formula is C23H41O4P. The minimum absolute atomic E-state index is 0.0380. The maximum atomic E-state index is 12.8. The van der Waals surface area contributed by atoms with Crippen molar-refractivity contribution in [1.82, 2.24) is 0 Å². The van der Waals surface area contributed by atoms with Gasteiger partial charge in [-0.15, -0.1) is 0 Å². The Bertz CT molecular complexity index is 648. The fraction of sp³-hybridized carbons (Fsp3) is 0.739. The summed E-state index contributed by atoms with van der Waals surface area (Å²) in [6, 6.07) is 3.70. The maximum Gasteiger partial charge on any atom is 0.332 e. The Kier molecular flexibility index (Phi) is 8.81. The van der Waals surface area contributed by atoms with Gasteiger partial charge >= 0.3 is 7.60 Å². The SMILES string of the molecule is CCCCC(CC)COP(=O)(O)Cc1cc(C(C)(C)C)c(O)c(C(C)(C)C)c1. The molecule has 28 heavy (non-hydrogen) atoms. The molecule has 0 aliphatic carbocycles. The molecule has 4 nitrogen and oxygen atoms in total. The number of phenols is 1. The van der Waals surface area contributed by atoms with Crippen molar-refractivity contribution >= 4 is 7.60 Å². The summed E-state index contributed by atoms with van der Waals surface area (Å²) in [6.07, 6.45) is 4.16. The first-order chi connectivity index (χ1) is 12.7. The summed E-state index contributed by atoms with van der Waals surface area (Å²) in [6.45, 7) is 16.8. The largest absolute Gasteiger partial charge is 0.507 e. The highest BCUT2D eigenvalue weighted by molar-refractivity contribution is 7.51. The van der Waals surface area contributed by atoms with Crippen molar-refractivity contribution in [3.05, 3.63) is 28.8 Å². The molecule has 1 aromatic rings. The molecule has 0 saturated carbocycles. The van der Waals surface area contributed by atoms with Gasteiger partial charge in [-0.3, -0.25) is 4.57 Å². The monoisotopic (exact) mass is 412 g/mol. The minimum Gasteiger partial charge on any atom is -0.507 e. The van der Waals surface area contributed by atoms with Gasteiger partial charge in [-0.1, -0.05) is 86.8 Å². The lowest BCUT2D eigenvalue weighted by Crippen LogP contribution is -2.18. The zero-order valence-electron chi connectivity index (χ0n) is 19.1. The van der Waals surface area contributed by atoms with Crippen LogP contribution < -0.4 is 0 Å². The predicted molar refractivity (Wildman–Crippen MR) is 118 cm³/mol. The average molecular weight is 413 g/mol. The second-order valence-corrected chi connectivity index (χ2v) is 11.9. The molecule has 0 aromatic heterocycles. The summed E-state index contributed by atoms with van der Waals surface area (Å²) in [7, 11) is -3.75. The average Bonchev–Trinajstić information content (AvgIpc) is 2.54. The molecule has 0 aliphatic rings. The summed E-state index contributed by atoms with van der Waals surface area (Å²) in [5.74, 6) is 0.596. The number of aromatic hydroxyl groups is 1. The fourth-order valence-electron chi connectivity index (χ4n) is 3.33. The Hall–Kier alpha value is -0.830. The molecule has 0 heterocycles. The van der Waals surface area contributed by atoms with E-state index in [-0.39, 0.29) is 22.7 Å². The molecule has 0 bridgehead atoms. The van der Waals surface area contributed by atoms with Crippen molar-refractivity contribution in [2.45, 2.75) is 98.1 Å². The van der Waals surface area contributed by atoms with Crippen molar-refractivity contribution < 1.29 is 19.1 Å². The second kappa shape index (κ2) is 9.78. The summed E-state index contributed by atoms with van der Waals surface area (Å²) < 4.78 is 18.3. The predicted octanol–water partition coefficient (Wildman–Crippen LogP) is 6.91. The molecule has 1 rings (SSSR count). The van der Waals surface area contributed by atoms with Gasteiger partial charge < -0.3 is 14.5 Å². The molecule has 5 heteroatoms. The van der Waals surface area contributed by atoms with Gasteiger partial charge in [0.15, 0.2) is 0 Å². The van der Waals surface area contributed by atoms with Crippen molar-refractivity contribution in [1.29, 1.82) is 0 Å². The zero-order chi connectivity index (χ0) is 21.8. The van der Waals surface area contributed by atoms with E-state index in [1.54, 1.807) is 0 Å². The van der Waals surface area contributed by atoms with E-state index in [0.717, 1.165) is 42.4 Å². The lowest BCUT2D eigenvalue weighted by Gasteiger charge is -2.28. The smallest absolute Gasteiger partial charge is 0.332 e. The Balaban J connectivity index is 3.11. The number of hydrogen-bond acceptors (Lipinski definition) is 3. The molecule has 2 unspecified atom stereocenters. The van der Waals surface area contributed by atoms with Crippen LogP contribution in [0.25, 0.3) is 0 Å². The van der Waals surface area contributed by atoms with Crippen LogP contribution in [0.15, 0.2) is 12.1 Å². The van der Waals surface area contributed by atoms with Gasteiger partial charge in [-0.05, 0) is 39.9 Å². The molecule has 0 radical (unpaired) electrons. The van der Waals surface area contributed by atoms with E-state index < -0.39 is 7.60 Å². The van der Waals surface area contributed by atoms with Crippen molar-refractivity contribution in [2.75, 3.05) is 6.61 Å². The number of phenolic OH excluding ortho intramolecular Hbond substituents is 1. The van der Waals surface area contributed by atoms with Crippen molar-refractivity contribution in [3.8, 4) is 5.75 Å². The fourth-order valence-corrected chi connectivity index (χ4v) is 4.50. The normalized spacial score (nSPS) is 16.0. The Labute approximate surface area is 172 Å². The third-order valence-corrected chi connectivity index (χ3v) is 6.54. The van der Waals surface area contributed by atoms with Crippen LogP contribution in [0.2, 0.25) is 0 Å². The van der Waals surface area contributed by atoms with Crippen LogP contribution in [-0.4, -0.2) is 16.6 Å². The molecular weight excluding hydrogens is 371 g/mol. The standard InChI is InChI=1S/C23H41O4P/c1-9-11-12-17(10-2)15-27-28(25,26)16-18-13-19(22(3,4)5)21(24)20(14-18)23(6,7)8/h13-14,17,24H,9-12,15-16H2,1-8H3,(H,25,26). The minimum atomic E-state index is -3.75. The molecule has 162 valence electrons. The Morgan fingerprint density at radius 2 is 1.54 bits per heavy atom. The highest BCUT2D eigenvalue weighted by Crippen LogP contribution is 2.48. The quantitative estimate of drug-likeness (QED) is 0.433. The molecule has 2 atom stereocenters.